The number of aryl methyl sites for hydroxylation is 1. The third-order valence-electron chi connectivity index (χ3n) is 3.71. The Bertz CT molecular complexity index is 901. The minimum atomic E-state index is -4.61. The van der Waals surface area contributed by atoms with Crippen LogP contribution in [0.4, 0.5) is 18.9 Å². The molecule has 0 saturated heterocycles. The van der Waals surface area contributed by atoms with Gasteiger partial charge in [-0.3, -0.25) is 9.89 Å². The number of hydrogen-bond acceptors (Lipinski definition) is 2. The Balaban J connectivity index is 1.98. The summed E-state index contributed by atoms with van der Waals surface area (Å²) in [4.78, 5) is 12.5. The molecule has 1 heterocycles. The summed E-state index contributed by atoms with van der Waals surface area (Å²) in [5.74, 6) is -0.838. The minimum absolute atomic E-state index is 0.355. The summed E-state index contributed by atoms with van der Waals surface area (Å²) in [7, 11) is 0. The molecule has 0 aliphatic heterocycles. The van der Waals surface area contributed by atoms with Gasteiger partial charge in [0.25, 0.3) is 5.91 Å². The molecule has 0 aliphatic rings. The lowest BCUT2D eigenvalue weighted by Crippen LogP contribution is -2.19. The second-order valence-corrected chi connectivity index (χ2v) is 5.44. The lowest BCUT2D eigenvalue weighted by Gasteiger charge is -2.13. The molecule has 0 bridgehead atoms. The quantitative estimate of drug-likeness (QED) is 0.725. The van der Waals surface area contributed by atoms with E-state index in [9.17, 15) is 18.0 Å². The highest BCUT2D eigenvalue weighted by Crippen LogP contribution is 2.33. The van der Waals surface area contributed by atoms with Gasteiger partial charge < -0.3 is 5.32 Å². The molecule has 128 valence electrons. The molecule has 7 heteroatoms. The van der Waals surface area contributed by atoms with E-state index < -0.39 is 23.2 Å². The number of halogens is 3. The van der Waals surface area contributed by atoms with E-state index in [0.717, 1.165) is 17.7 Å². The number of carbonyl (C=O) groups is 1. The largest absolute Gasteiger partial charge is 0.417 e. The number of H-pyrrole nitrogens is 1. The van der Waals surface area contributed by atoms with Crippen LogP contribution in [0.2, 0.25) is 0 Å². The first kappa shape index (κ1) is 16.8. The molecule has 4 nitrogen and oxygen atoms in total. The van der Waals surface area contributed by atoms with Crippen LogP contribution in [0.1, 0.15) is 21.6 Å². The van der Waals surface area contributed by atoms with E-state index in [1.807, 2.05) is 18.2 Å². The van der Waals surface area contributed by atoms with Crippen LogP contribution in [0, 0.1) is 6.92 Å². The molecule has 0 aliphatic carbocycles. The Hall–Kier alpha value is -3.09. The van der Waals surface area contributed by atoms with Crippen molar-refractivity contribution < 1.29 is 18.0 Å². The maximum absolute atomic E-state index is 13.1. The first-order valence-electron chi connectivity index (χ1n) is 7.46. The molecule has 3 aromatic rings. The van der Waals surface area contributed by atoms with Crippen molar-refractivity contribution in [1.29, 1.82) is 0 Å². The molecule has 0 atom stereocenters. The molecule has 0 fully saturated rings. The van der Waals surface area contributed by atoms with E-state index in [1.54, 1.807) is 19.1 Å². The highest BCUT2D eigenvalue weighted by molar-refractivity contribution is 6.07. The van der Waals surface area contributed by atoms with Crippen molar-refractivity contribution in [2.45, 2.75) is 13.1 Å². The Morgan fingerprint density at radius 3 is 2.36 bits per heavy atom. The van der Waals surface area contributed by atoms with Gasteiger partial charge in [-0.1, -0.05) is 42.5 Å². The number of carbonyl (C=O) groups excluding carboxylic acids is 1. The summed E-state index contributed by atoms with van der Waals surface area (Å²) >= 11 is 0. The molecular formula is C18H14F3N3O. The van der Waals surface area contributed by atoms with E-state index >= 15 is 0 Å². The topological polar surface area (TPSA) is 57.8 Å². The number of benzene rings is 2. The standard InChI is InChI=1S/C18H14F3N3O/c1-11-15(16(24-23-11)12-7-3-2-4-8-12)22-17(25)13-9-5-6-10-14(13)18(19,20)21/h2-10H,1H3,(H,22,25)(H,23,24). The Morgan fingerprint density at radius 2 is 1.68 bits per heavy atom. The first-order chi connectivity index (χ1) is 11.9. The van der Waals surface area contributed by atoms with Crippen molar-refractivity contribution in [3.8, 4) is 11.3 Å². The number of aromatic amines is 1. The molecule has 2 N–H and O–H groups in total. The summed E-state index contributed by atoms with van der Waals surface area (Å²) in [6.07, 6.45) is -4.61. The zero-order chi connectivity index (χ0) is 18.0. The normalized spacial score (nSPS) is 11.4. The molecule has 0 radical (unpaired) electrons. The number of amides is 1. The maximum Gasteiger partial charge on any atom is 0.417 e. The summed E-state index contributed by atoms with van der Waals surface area (Å²) < 4.78 is 39.3. The molecule has 1 aromatic heterocycles. The average Bonchev–Trinajstić information content (AvgIpc) is 2.95. The molecule has 25 heavy (non-hydrogen) atoms. The van der Waals surface area contributed by atoms with E-state index in [-0.39, 0.29) is 0 Å². The van der Waals surface area contributed by atoms with Gasteiger partial charge in [-0.15, -0.1) is 0 Å². The SMILES string of the molecule is Cc1[nH]nc(-c2ccccc2)c1NC(=O)c1ccccc1C(F)(F)F. The van der Waals surface area contributed by atoms with E-state index in [4.69, 9.17) is 0 Å². The molecule has 1 amide bonds. The van der Waals surface area contributed by atoms with Crippen molar-refractivity contribution >= 4 is 11.6 Å². The second kappa shape index (κ2) is 6.43. The third kappa shape index (κ3) is 3.40. The Labute approximate surface area is 141 Å². The summed E-state index contributed by atoms with van der Waals surface area (Å²) in [6, 6.07) is 13.7. The van der Waals surface area contributed by atoms with Gasteiger partial charge in [0.05, 0.1) is 22.5 Å². The van der Waals surface area contributed by atoms with Crippen LogP contribution in [0.25, 0.3) is 11.3 Å². The maximum atomic E-state index is 13.1. The van der Waals surface area contributed by atoms with E-state index in [1.165, 1.54) is 12.1 Å². The van der Waals surface area contributed by atoms with Gasteiger partial charge in [0.2, 0.25) is 0 Å². The number of hydrogen-bond donors (Lipinski definition) is 2. The number of nitrogens with zero attached hydrogens (tertiary/aromatic N) is 1. The van der Waals surface area contributed by atoms with Crippen LogP contribution in [-0.4, -0.2) is 16.1 Å². The van der Waals surface area contributed by atoms with Crippen molar-refractivity contribution in [2.75, 3.05) is 5.32 Å². The molecule has 0 saturated carbocycles. The van der Waals surface area contributed by atoms with Crippen molar-refractivity contribution in [1.82, 2.24) is 10.2 Å². The lowest BCUT2D eigenvalue weighted by atomic mass is 10.1. The van der Waals surface area contributed by atoms with E-state index in [2.05, 4.69) is 15.5 Å². The second-order valence-electron chi connectivity index (χ2n) is 5.44. The van der Waals surface area contributed by atoms with E-state index in [0.29, 0.717) is 17.1 Å². The predicted octanol–water partition coefficient (Wildman–Crippen LogP) is 4.66. The molecule has 3 rings (SSSR count). The number of nitrogens with one attached hydrogen (secondary N) is 2. The molecule has 0 spiro atoms. The summed E-state index contributed by atoms with van der Waals surface area (Å²) in [5, 5.41) is 9.45. The zero-order valence-electron chi connectivity index (χ0n) is 13.2. The van der Waals surface area contributed by atoms with Crippen molar-refractivity contribution in [3.63, 3.8) is 0 Å². The predicted molar refractivity (Wildman–Crippen MR) is 88.2 cm³/mol. The molecule has 2 aromatic carbocycles. The van der Waals surface area contributed by atoms with Crippen LogP contribution in [-0.2, 0) is 6.18 Å². The van der Waals surface area contributed by atoms with Gasteiger partial charge >= 0.3 is 6.18 Å². The smallest absolute Gasteiger partial charge is 0.319 e. The Kier molecular flexibility index (Phi) is 4.31. The van der Waals surface area contributed by atoms with Crippen molar-refractivity contribution in [2.24, 2.45) is 0 Å². The van der Waals surface area contributed by atoms with Gasteiger partial charge in [0, 0.05) is 5.56 Å². The Morgan fingerprint density at radius 1 is 1.04 bits per heavy atom. The monoisotopic (exact) mass is 345 g/mol. The first-order valence-corrected chi connectivity index (χ1v) is 7.46. The van der Waals surface area contributed by atoms with Crippen LogP contribution in [0.3, 0.4) is 0 Å². The fraction of sp³-hybridized carbons (Fsp3) is 0.111. The number of anilines is 1. The van der Waals surface area contributed by atoms with Crippen LogP contribution >= 0.6 is 0 Å². The summed E-state index contributed by atoms with van der Waals surface area (Å²) in [5.41, 5.74) is 0.705. The highest BCUT2D eigenvalue weighted by Gasteiger charge is 2.35. The molecular weight excluding hydrogens is 331 g/mol. The number of aromatic nitrogens is 2. The van der Waals surface area contributed by atoms with Crippen molar-refractivity contribution in [3.05, 3.63) is 71.4 Å². The van der Waals surface area contributed by atoms with Crippen LogP contribution < -0.4 is 5.32 Å². The third-order valence-corrected chi connectivity index (χ3v) is 3.71. The van der Waals surface area contributed by atoms with Gasteiger partial charge in [0.1, 0.15) is 5.69 Å². The fourth-order valence-electron chi connectivity index (χ4n) is 2.50. The lowest BCUT2D eigenvalue weighted by molar-refractivity contribution is -0.137. The van der Waals surface area contributed by atoms with Crippen LogP contribution in [0.15, 0.2) is 54.6 Å². The fourth-order valence-corrected chi connectivity index (χ4v) is 2.50. The van der Waals surface area contributed by atoms with Gasteiger partial charge in [0.15, 0.2) is 0 Å². The minimum Gasteiger partial charge on any atom is -0.319 e. The summed E-state index contributed by atoms with van der Waals surface area (Å²) in [6.45, 7) is 1.69. The average molecular weight is 345 g/mol. The van der Waals surface area contributed by atoms with Gasteiger partial charge in [-0.2, -0.15) is 18.3 Å². The molecule has 0 unspecified atom stereocenters. The van der Waals surface area contributed by atoms with Gasteiger partial charge in [-0.05, 0) is 19.1 Å². The number of alkyl halides is 3. The zero-order valence-corrected chi connectivity index (χ0v) is 13.2. The van der Waals surface area contributed by atoms with Crippen LogP contribution in [0.5, 0.6) is 0 Å². The van der Waals surface area contributed by atoms with Gasteiger partial charge in [-0.25, -0.2) is 0 Å². The highest BCUT2D eigenvalue weighted by atomic mass is 19.4. The number of rotatable bonds is 3.